The minimum Gasteiger partial charge on any atom is -0.320 e. The molecule has 0 fully saturated rings. The molecular formula is C22H18N2. The zero-order valence-electron chi connectivity index (χ0n) is 13.4. The number of hydrogen-bond acceptors (Lipinski definition) is 1. The summed E-state index contributed by atoms with van der Waals surface area (Å²) in [6.07, 6.45) is 1.92. The minimum atomic E-state index is 0.735. The van der Waals surface area contributed by atoms with Gasteiger partial charge in [0, 0.05) is 12.1 Å². The van der Waals surface area contributed by atoms with E-state index >= 15 is 0 Å². The van der Waals surface area contributed by atoms with Crippen LogP contribution in [-0.4, -0.2) is 9.55 Å². The highest BCUT2D eigenvalue weighted by Crippen LogP contribution is 2.33. The second-order valence-corrected chi connectivity index (χ2v) is 5.74. The standard InChI is InChI=1S/C22H18N2/c1-2-16-24-21-15-9-8-14-20(21)23-22(24)19-13-7-6-12-18(19)17-10-4-3-5-11-17/h2-15H,1,16H2. The van der Waals surface area contributed by atoms with E-state index in [1.54, 1.807) is 0 Å². The number of nitrogens with zero attached hydrogens (tertiary/aromatic N) is 2. The zero-order chi connectivity index (χ0) is 16.4. The average molecular weight is 310 g/mol. The van der Waals surface area contributed by atoms with Crippen molar-refractivity contribution in [2.45, 2.75) is 6.54 Å². The third-order valence-corrected chi connectivity index (χ3v) is 4.22. The van der Waals surface area contributed by atoms with Crippen LogP contribution in [0, 0.1) is 0 Å². The van der Waals surface area contributed by atoms with Gasteiger partial charge in [-0.25, -0.2) is 4.98 Å². The first kappa shape index (κ1) is 14.5. The lowest BCUT2D eigenvalue weighted by Gasteiger charge is -2.11. The summed E-state index contributed by atoms with van der Waals surface area (Å²) in [5, 5.41) is 0. The molecule has 0 N–H and O–H groups in total. The van der Waals surface area contributed by atoms with E-state index < -0.39 is 0 Å². The number of benzene rings is 3. The van der Waals surface area contributed by atoms with Gasteiger partial charge in [-0.05, 0) is 23.3 Å². The molecule has 1 heterocycles. The molecule has 0 atom stereocenters. The van der Waals surface area contributed by atoms with Crippen LogP contribution < -0.4 is 0 Å². The van der Waals surface area contributed by atoms with Crippen LogP contribution in [0.4, 0.5) is 0 Å². The summed E-state index contributed by atoms with van der Waals surface area (Å²) in [6.45, 7) is 4.64. The number of imidazole rings is 1. The summed E-state index contributed by atoms with van der Waals surface area (Å²) in [5.74, 6) is 0.982. The molecule has 0 unspecified atom stereocenters. The first-order valence-corrected chi connectivity index (χ1v) is 8.09. The van der Waals surface area contributed by atoms with Crippen LogP contribution in [0.5, 0.6) is 0 Å². The zero-order valence-corrected chi connectivity index (χ0v) is 13.4. The second-order valence-electron chi connectivity index (χ2n) is 5.74. The molecule has 2 nitrogen and oxygen atoms in total. The fourth-order valence-corrected chi connectivity index (χ4v) is 3.14. The molecule has 24 heavy (non-hydrogen) atoms. The molecule has 0 saturated carbocycles. The Hall–Kier alpha value is -3.13. The lowest BCUT2D eigenvalue weighted by molar-refractivity contribution is 0.862. The Morgan fingerprint density at radius 3 is 2.25 bits per heavy atom. The van der Waals surface area contributed by atoms with Crippen molar-refractivity contribution >= 4 is 11.0 Å². The first-order chi connectivity index (χ1) is 11.9. The molecule has 0 aliphatic heterocycles. The lowest BCUT2D eigenvalue weighted by Crippen LogP contribution is -1.99. The Labute approximate surface area is 141 Å². The monoisotopic (exact) mass is 310 g/mol. The number of fused-ring (bicyclic) bond motifs is 1. The molecule has 4 rings (SSSR count). The predicted molar refractivity (Wildman–Crippen MR) is 101 cm³/mol. The van der Waals surface area contributed by atoms with E-state index in [9.17, 15) is 0 Å². The van der Waals surface area contributed by atoms with Crippen molar-refractivity contribution in [1.82, 2.24) is 9.55 Å². The summed E-state index contributed by atoms with van der Waals surface area (Å²) < 4.78 is 2.23. The molecule has 0 radical (unpaired) electrons. The fourth-order valence-electron chi connectivity index (χ4n) is 3.14. The number of para-hydroxylation sites is 2. The highest BCUT2D eigenvalue weighted by molar-refractivity contribution is 5.86. The highest BCUT2D eigenvalue weighted by atomic mass is 15.1. The molecule has 0 saturated heterocycles. The Morgan fingerprint density at radius 2 is 1.46 bits per heavy atom. The van der Waals surface area contributed by atoms with Crippen molar-refractivity contribution in [3.8, 4) is 22.5 Å². The molecule has 0 bridgehead atoms. The SMILES string of the molecule is C=CCn1c(-c2ccccc2-c2ccccc2)nc2ccccc21. The van der Waals surface area contributed by atoms with Gasteiger partial charge in [-0.2, -0.15) is 0 Å². The van der Waals surface area contributed by atoms with Crippen LogP contribution in [0.1, 0.15) is 0 Å². The quantitative estimate of drug-likeness (QED) is 0.451. The summed E-state index contributed by atoms with van der Waals surface area (Å²) in [7, 11) is 0. The Bertz CT molecular complexity index is 997. The number of rotatable bonds is 4. The maximum absolute atomic E-state index is 4.90. The van der Waals surface area contributed by atoms with Gasteiger partial charge >= 0.3 is 0 Å². The average Bonchev–Trinajstić information content (AvgIpc) is 3.01. The van der Waals surface area contributed by atoms with Gasteiger partial charge in [0.25, 0.3) is 0 Å². The molecular weight excluding hydrogens is 292 g/mol. The van der Waals surface area contributed by atoms with Crippen molar-refractivity contribution in [2.75, 3.05) is 0 Å². The predicted octanol–water partition coefficient (Wildman–Crippen LogP) is 5.56. The van der Waals surface area contributed by atoms with Crippen LogP contribution in [0.2, 0.25) is 0 Å². The minimum absolute atomic E-state index is 0.735. The van der Waals surface area contributed by atoms with Gasteiger partial charge in [-0.15, -0.1) is 6.58 Å². The van der Waals surface area contributed by atoms with E-state index in [-0.39, 0.29) is 0 Å². The normalized spacial score (nSPS) is 10.8. The smallest absolute Gasteiger partial charge is 0.142 e. The Morgan fingerprint density at radius 1 is 0.792 bits per heavy atom. The molecule has 3 aromatic carbocycles. The number of allylic oxidation sites excluding steroid dienone is 1. The van der Waals surface area contributed by atoms with Crippen LogP contribution in [0.25, 0.3) is 33.5 Å². The summed E-state index contributed by atoms with van der Waals surface area (Å²) in [6, 6.07) is 27.1. The van der Waals surface area contributed by atoms with Gasteiger partial charge in [0.2, 0.25) is 0 Å². The third kappa shape index (κ3) is 2.42. The lowest BCUT2D eigenvalue weighted by atomic mass is 9.99. The molecule has 0 aliphatic rings. The van der Waals surface area contributed by atoms with Gasteiger partial charge < -0.3 is 4.57 Å². The molecule has 2 heteroatoms. The maximum Gasteiger partial charge on any atom is 0.142 e. The van der Waals surface area contributed by atoms with Gasteiger partial charge in [0.05, 0.1) is 11.0 Å². The summed E-state index contributed by atoms with van der Waals surface area (Å²) in [4.78, 5) is 4.90. The fraction of sp³-hybridized carbons (Fsp3) is 0.0455. The van der Waals surface area contributed by atoms with Crippen LogP contribution >= 0.6 is 0 Å². The summed E-state index contributed by atoms with van der Waals surface area (Å²) in [5.41, 5.74) is 5.68. The molecule has 1 aromatic heterocycles. The van der Waals surface area contributed by atoms with E-state index in [1.807, 2.05) is 18.2 Å². The molecule has 4 aromatic rings. The van der Waals surface area contributed by atoms with E-state index in [1.165, 1.54) is 11.1 Å². The Kier molecular flexibility index (Phi) is 3.72. The van der Waals surface area contributed by atoms with Gasteiger partial charge in [-0.1, -0.05) is 72.8 Å². The maximum atomic E-state index is 4.90. The molecule has 0 amide bonds. The van der Waals surface area contributed by atoms with Crippen molar-refractivity contribution in [1.29, 1.82) is 0 Å². The largest absolute Gasteiger partial charge is 0.320 e. The van der Waals surface area contributed by atoms with E-state index in [0.717, 1.165) is 29.0 Å². The van der Waals surface area contributed by atoms with E-state index in [0.29, 0.717) is 0 Å². The van der Waals surface area contributed by atoms with E-state index in [2.05, 4.69) is 77.9 Å². The number of aromatic nitrogens is 2. The topological polar surface area (TPSA) is 17.8 Å². The van der Waals surface area contributed by atoms with Crippen molar-refractivity contribution in [3.63, 3.8) is 0 Å². The Balaban J connectivity index is 1.99. The molecule has 0 spiro atoms. The van der Waals surface area contributed by atoms with Gasteiger partial charge in [0.15, 0.2) is 0 Å². The third-order valence-electron chi connectivity index (χ3n) is 4.22. The second kappa shape index (κ2) is 6.17. The van der Waals surface area contributed by atoms with Crippen LogP contribution in [0.15, 0.2) is 91.5 Å². The van der Waals surface area contributed by atoms with Gasteiger partial charge in [-0.3, -0.25) is 0 Å². The van der Waals surface area contributed by atoms with E-state index in [4.69, 9.17) is 4.98 Å². The van der Waals surface area contributed by atoms with Crippen molar-refractivity contribution in [2.24, 2.45) is 0 Å². The highest BCUT2D eigenvalue weighted by Gasteiger charge is 2.15. The van der Waals surface area contributed by atoms with Crippen LogP contribution in [-0.2, 0) is 6.54 Å². The first-order valence-electron chi connectivity index (χ1n) is 8.09. The summed E-state index contributed by atoms with van der Waals surface area (Å²) >= 11 is 0. The molecule has 0 aliphatic carbocycles. The van der Waals surface area contributed by atoms with Crippen molar-refractivity contribution < 1.29 is 0 Å². The molecule has 116 valence electrons. The van der Waals surface area contributed by atoms with Gasteiger partial charge in [0.1, 0.15) is 5.82 Å². The van der Waals surface area contributed by atoms with Crippen molar-refractivity contribution in [3.05, 3.63) is 91.5 Å². The van der Waals surface area contributed by atoms with Crippen LogP contribution in [0.3, 0.4) is 0 Å². The number of hydrogen-bond donors (Lipinski definition) is 0.